The number of hydrogen-bond acceptors (Lipinski definition) is 4. The van der Waals surface area contributed by atoms with Gasteiger partial charge in [-0.15, -0.1) is 0 Å². The van der Waals surface area contributed by atoms with Crippen molar-refractivity contribution in [2.45, 2.75) is 6.92 Å². The molecule has 1 heterocycles. The van der Waals surface area contributed by atoms with E-state index < -0.39 is 0 Å². The monoisotopic (exact) mass is 398 g/mol. The molecule has 0 bridgehead atoms. The van der Waals surface area contributed by atoms with Crippen molar-refractivity contribution in [3.63, 3.8) is 0 Å². The van der Waals surface area contributed by atoms with Crippen LogP contribution < -0.4 is 15.8 Å². The highest BCUT2D eigenvalue weighted by molar-refractivity contribution is 6.08. The van der Waals surface area contributed by atoms with Crippen LogP contribution in [-0.2, 0) is 0 Å². The lowest BCUT2D eigenvalue weighted by Gasteiger charge is -2.09. The number of hydrogen-bond donors (Lipinski definition) is 2. The van der Waals surface area contributed by atoms with Gasteiger partial charge in [0.1, 0.15) is 11.4 Å². The zero-order chi connectivity index (χ0) is 21.1. The largest absolute Gasteiger partial charge is 0.497 e. The van der Waals surface area contributed by atoms with E-state index in [1.165, 1.54) is 0 Å². The van der Waals surface area contributed by atoms with E-state index in [1.807, 2.05) is 67.6 Å². The summed E-state index contributed by atoms with van der Waals surface area (Å²) in [4.78, 5) is 13.2. The summed E-state index contributed by atoms with van der Waals surface area (Å²) in [5, 5.41) is 7.67. The van der Waals surface area contributed by atoms with E-state index in [0.29, 0.717) is 22.6 Å². The lowest BCUT2D eigenvalue weighted by atomic mass is 10.1. The number of nitrogens with one attached hydrogen (secondary N) is 1. The van der Waals surface area contributed by atoms with Crippen molar-refractivity contribution >= 4 is 17.3 Å². The molecule has 4 rings (SSSR count). The molecule has 1 amide bonds. The first-order valence-corrected chi connectivity index (χ1v) is 9.52. The van der Waals surface area contributed by atoms with Crippen LogP contribution in [0, 0.1) is 6.92 Å². The summed E-state index contributed by atoms with van der Waals surface area (Å²) in [6.45, 7) is 1.92. The van der Waals surface area contributed by atoms with Crippen LogP contribution >= 0.6 is 0 Å². The Hall–Kier alpha value is -4.06. The van der Waals surface area contributed by atoms with Gasteiger partial charge in [-0.1, -0.05) is 24.3 Å². The molecule has 3 N–H and O–H groups in total. The predicted molar refractivity (Wildman–Crippen MR) is 119 cm³/mol. The minimum atomic E-state index is -0.253. The SMILES string of the molecule is COc1ccc(-c2nn(-c3ccccc3)cc2C(=O)Nc2cc(N)ccc2C)cc1. The Morgan fingerprint density at radius 3 is 2.47 bits per heavy atom. The van der Waals surface area contributed by atoms with Gasteiger partial charge in [-0.3, -0.25) is 4.79 Å². The molecule has 0 saturated heterocycles. The quantitative estimate of drug-likeness (QED) is 0.478. The van der Waals surface area contributed by atoms with Crippen molar-refractivity contribution in [2.75, 3.05) is 18.2 Å². The minimum Gasteiger partial charge on any atom is -0.497 e. The third-order valence-corrected chi connectivity index (χ3v) is 4.85. The maximum absolute atomic E-state index is 13.2. The number of ether oxygens (including phenoxy) is 1. The molecule has 0 aliphatic rings. The number of rotatable bonds is 5. The molecule has 3 aromatic carbocycles. The maximum Gasteiger partial charge on any atom is 0.259 e. The Labute approximate surface area is 174 Å². The lowest BCUT2D eigenvalue weighted by Crippen LogP contribution is -2.13. The van der Waals surface area contributed by atoms with Crippen molar-refractivity contribution in [3.8, 4) is 22.7 Å². The van der Waals surface area contributed by atoms with Gasteiger partial charge in [-0.2, -0.15) is 5.10 Å². The second-order valence-electron chi connectivity index (χ2n) is 6.93. The summed E-state index contributed by atoms with van der Waals surface area (Å²) in [7, 11) is 1.62. The maximum atomic E-state index is 13.2. The van der Waals surface area contributed by atoms with Gasteiger partial charge in [-0.05, 0) is 61.0 Å². The Kier molecular flexibility index (Phi) is 5.22. The van der Waals surface area contributed by atoms with Crippen LogP contribution in [0.2, 0.25) is 0 Å². The molecule has 30 heavy (non-hydrogen) atoms. The average molecular weight is 398 g/mol. The second kappa shape index (κ2) is 8.13. The van der Waals surface area contributed by atoms with E-state index in [9.17, 15) is 4.79 Å². The summed E-state index contributed by atoms with van der Waals surface area (Å²) < 4.78 is 6.95. The first kappa shape index (κ1) is 19.3. The number of nitrogens with two attached hydrogens (primary N) is 1. The van der Waals surface area contributed by atoms with E-state index >= 15 is 0 Å². The van der Waals surface area contributed by atoms with E-state index in [0.717, 1.165) is 22.6 Å². The van der Waals surface area contributed by atoms with E-state index in [-0.39, 0.29) is 5.91 Å². The van der Waals surface area contributed by atoms with Gasteiger partial charge in [0.05, 0.1) is 18.4 Å². The molecule has 0 aliphatic carbocycles. The first-order chi connectivity index (χ1) is 14.5. The van der Waals surface area contributed by atoms with Crippen molar-refractivity contribution in [1.82, 2.24) is 9.78 Å². The highest BCUT2D eigenvalue weighted by atomic mass is 16.5. The van der Waals surface area contributed by atoms with Crippen LogP contribution in [0.3, 0.4) is 0 Å². The summed E-state index contributed by atoms with van der Waals surface area (Å²) in [5.41, 5.74) is 10.8. The molecule has 4 aromatic rings. The van der Waals surface area contributed by atoms with Crippen LogP contribution in [0.5, 0.6) is 5.75 Å². The van der Waals surface area contributed by atoms with Crippen LogP contribution in [0.4, 0.5) is 11.4 Å². The molecule has 1 aromatic heterocycles. The number of para-hydroxylation sites is 1. The van der Waals surface area contributed by atoms with Gasteiger partial charge in [0.15, 0.2) is 0 Å². The Bertz CT molecular complexity index is 1180. The number of aryl methyl sites for hydroxylation is 1. The van der Waals surface area contributed by atoms with Gasteiger partial charge in [0, 0.05) is 23.1 Å². The topological polar surface area (TPSA) is 82.2 Å². The normalized spacial score (nSPS) is 10.6. The molecule has 0 spiro atoms. The number of nitrogens with zero attached hydrogens (tertiary/aromatic N) is 2. The highest BCUT2D eigenvalue weighted by Crippen LogP contribution is 2.27. The summed E-state index contributed by atoms with van der Waals surface area (Å²) in [6.07, 6.45) is 1.74. The number of benzene rings is 3. The van der Waals surface area contributed by atoms with Crippen LogP contribution in [-0.4, -0.2) is 22.8 Å². The van der Waals surface area contributed by atoms with Gasteiger partial charge < -0.3 is 15.8 Å². The number of aromatic nitrogens is 2. The van der Waals surface area contributed by atoms with Crippen molar-refractivity contribution < 1.29 is 9.53 Å². The zero-order valence-electron chi connectivity index (χ0n) is 16.8. The van der Waals surface area contributed by atoms with Crippen molar-refractivity contribution in [2.24, 2.45) is 0 Å². The zero-order valence-corrected chi connectivity index (χ0v) is 16.8. The Balaban J connectivity index is 1.77. The fourth-order valence-electron chi connectivity index (χ4n) is 3.18. The second-order valence-corrected chi connectivity index (χ2v) is 6.93. The number of methoxy groups -OCH3 is 1. The average Bonchev–Trinajstić information content (AvgIpc) is 3.23. The Morgan fingerprint density at radius 1 is 1.03 bits per heavy atom. The van der Waals surface area contributed by atoms with E-state index in [2.05, 4.69) is 5.32 Å². The van der Waals surface area contributed by atoms with Crippen molar-refractivity contribution in [1.29, 1.82) is 0 Å². The fraction of sp³-hybridized carbons (Fsp3) is 0.0833. The molecule has 0 radical (unpaired) electrons. The molecule has 0 unspecified atom stereocenters. The highest BCUT2D eigenvalue weighted by Gasteiger charge is 2.19. The third-order valence-electron chi connectivity index (χ3n) is 4.85. The smallest absolute Gasteiger partial charge is 0.259 e. The fourth-order valence-corrected chi connectivity index (χ4v) is 3.18. The number of amides is 1. The van der Waals surface area contributed by atoms with Crippen LogP contribution in [0.15, 0.2) is 79.0 Å². The molecular weight excluding hydrogens is 376 g/mol. The summed E-state index contributed by atoms with van der Waals surface area (Å²) in [6, 6.07) is 22.6. The molecular formula is C24H22N4O2. The predicted octanol–water partition coefficient (Wildman–Crippen LogP) is 4.69. The van der Waals surface area contributed by atoms with Gasteiger partial charge in [0.2, 0.25) is 0 Å². The standard InChI is InChI=1S/C24H22N4O2/c1-16-8-11-18(25)14-22(16)26-24(29)21-15-28(19-6-4-3-5-7-19)27-23(21)17-9-12-20(30-2)13-10-17/h3-15H,25H2,1-2H3,(H,26,29). The number of carbonyl (C=O) groups is 1. The number of anilines is 2. The van der Waals surface area contributed by atoms with E-state index in [4.69, 9.17) is 15.6 Å². The third kappa shape index (κ3) is 3.89. The van der Waals surface area contributed by atoms with Gasteiger partial charge in [0.25, 0.3) is 5.91 Å². The molecule has 150 valence electrons. The first-order valence-electron chi connectivity index (χ1n) is 9.52. The minimum absolute atomic E-state index is 0.253. The molecule has 0 aliphatic heterocycles. The molecule has 0 saturated carbocycles. The summed E-state index contributed by atoms with van der Waals surface area (Å²) >= 11 is 0. The van der Waals surface area contributed by atoms with Crippen LogP contribution in [0.25, 0.3) is 16.9 Å². The van der Waals surface area contributed by atoms with Crippen molar-refractivity contribution in [3.05, 3.63) is 90.1 Å². The Morgan fingerprint density at radius 2 is 1.77 bits per heavy atom. The van der Waals surface area contributed by atoms with Gasteiger partial charge >= 0.3 is 0 Å². The van der Waals surface area contributed by atoms with Gasteiger partial charge in [-0.25, -0.2) is 4.68 Å². The molecule has 6 nitrogen and oxygen atoms in total. The van der Waals surface area contributed by atoms with E-state index in [1.54, 1.807) is 30.1 Å². The number of carbonyl (C=O) groups excluding carboxylic acids is 1. The summed E-state index contributed by atoms with van der Waals surface area (Å²) in [5.74, 6) is 0.485. The molecule has 6 heteroatoms. The van der Waals surface area contributed by atoms with Crippen LogP contribution in [0.1, 0.15) is 15.9 Å². The number of nitrogen functional groups attached to an aromatic ring is 1. The molecule has 0 atom stereocenters. The lowest BCUT2D eigenvalue weighted by molar-refractivity contribution is 0.102. The molecule has 0 fully saturated rings.